The number of carbonyl (C=O) groups is 1. The molecular formula is C5H9ClO3. The van der Waals surface area contributed by atoms with Crippen molar-refractivity contribution in [2.45, 2.75) is 19.4 Å². The summed E-state index contributed by atoms with van der Waals surface area (Å²) < 4.78 is 8.80. The second-order valence-electron chi connectivity index (χ2n) is 1.34. The summed E-state index contributed by atoms with van der Waals surface area (Å²) in [6.45, 7) is 3.54. The molecule has 0 bridgehead atoms. The largest absolute Gasteiger partial charge is 0.509 e. The molecule has 4 heteroatoms. The number of alkyl halides is 1. The van der Waals surface area contributed by atoms with Gasteiger partial charge in [-0.05, 0) is 13.8 Å². The van der Waals surface area contributed by atoms with Crippen LogP contribution in [0.5, 0.6) is 0 Å². The Morgan fingerprint density at radius 1 is 1.78 bits per heavy atom. The van der Waals surface area contributed by atoms with Crippen molar-refractivity contribution in [3.8, 4) is 0 Å². The number of ether oxygens (including phenoxy) is 2. The van der Waals surface area contributed by atoms with Crippen LogP contribution in [-0.2, 0) is 9.47 Å². The number of hydrogen-bond acceptors (Lipinski definition) is 3. The van der Waals surface area contributed by atoms with Gasteiger partial charge in [-0.25, -0.2) is 4.79 Å². The fourth-order valence-corrected chi connectivity index (χ4v) is 0.357. The molecule has 0 amide bonds. The Bertz CT molecular complexity index is 92.2. The molecule has 9 heavy (non-hydrogen) atoms. The van der Waals surface area contributed by atoms with Gasteiger partial charge in [0.2, 0.25) is 0 Å². The van der Waals surface area contributed by atoms with E-state index in [0.29, 0.717) is 6.61 Å². The molecule has 0 fully saturated rings. The Labute approximate surface area is 58.9 Å². The Balaban J connectivity index is 3.27. The van der Waals surface area contributed by atoms with E-state index in [1.165, 1.54) is 0 Å². The summed E-state index contributed by atoms with van der Waals surface area (Å²) in [6.07, 6.45) is -0.722. The summed E-state index contributed by atoms with van der Waals surface area (Å²) in [5, 5.41) is 0. The molecule has 0 aromatic rings. The first-order chi connectivity index (χ1) is 4.16. The molecular weight excluding hydrogens is 144 g/mol. The molecule has 0 aromatic carbocycles. The standard InChI is InChI=1S/C5H9ClO3/c1-3-8-5(7)9-4(2)6/h4H,3H2,1-2H3/t4-/m0/s1. The number of hydrogen-bond donors (Lipinski definition) is 0. The Morgan fingerprint density at radius 2 is 2.33 bits per heavy atom. The molecule has 0 N–H and O–H groups in total. The van der Waals surface area contributed by atoms with Crippen LogP contribution in [0, 0.1) is 0 Å². The molecule has 0 aliphatic rings. The first-order valence-corrected chi connectivity index (χ1v) is 3.08. The molecule has 0 saturated heterocycles. The van der Waals surface area contributed by atoms with Gasteiger partial charge in [0.25, 0.3) is 0 Å². The van der Waals surface area contributed by atoms with Crippen LogP contribution >= 0.6 is 11.6 Å². The lowest BCUT2D eigenvalue weighted by atomic mass is 10.8. The average molecular weight is 153 g/mol. The van der Waals surface area contributed by atoms with Gasteiger partial charge in [0, 0.05) is 0 Å². The third-order valence-electron chi connectivity index (χ3n) is 0.521. The quantitative estimate of drug-likeness (QED) is 0.447. The highest BCUT2D eigenvalue weighted by Crippen LogP contribution is 1.97. The molecule has 0 aliphatic heterocycles. The molecule has 0 unspecified atom stereocenters. The maximum absolute atomic E-state index is 10.3. The van der Waals surface area contributed by atoms with Crippen LogP contribution < -0.4 is 0 Å². The zero-order valence-corrected chi connectivity index (χ0v) is 6.14. The van der Waals surface area contributed by atoms with E-state index >= 15 is 0 Å². The third kappa shape index (κ3) is 5.43. The first-order valence-electron chi connectivity index (χ1n) is 2.64. The molecule has 3 nitrogen and oxygen atoms in total. The molecule has 0 saturated carbocycles. The fourth-order valence-electron chi connectivity index (χ4n) is 0.284. The minimum atomic E-state index is -0.722. The molecule has 0 heterocycles. The minimum absolute atomic E-state index is 0.308. The highest BCUT2D eigenvalue weighted by Gasteiger charge is 2.04. The highest BCUT2D eigenvalue weighted by molar-refractivity contribution is 6.19. The van der Waals surface area contributed by atoms with Gasteiger partial charge in [0.05, 0.1) is 6.61 Å². The van der Waals surface area contributed by atoms with Crippen LogP contribution in [0.4, 0.5) is 4.79 Å². The van der Waals surface area contributed by atoms with E-state index in [1.807, 2.05) is 0 Å². The Hall–Kier alpha value is -0.440. The number of rotatable bonds is 2. The normalized spacial score (nSPS) is 12.3. The van der Waals surface area contributed by atoms with Crippen LogP contribution in [0.3, 0.4) is 0 Å². The lowest BCUT2D eigenvalue weighted by Crippen LogP contribution is -2.10. The zero-order chi connectivity index (χ0) is 7.28. The van der Waals surface area contributed by atoms with Gasteiger partial charge < -0.3 is 9.47 Å². The lowest BCUT2D eigenvalue weighted by Gasteiger charge is -2.04. The summed E-state index contributed by atoms with van der Waals surface area (Å²) in [5.41, 5.74) is -0.621. The van der Waals surface area contributed by atoms with Crippen molar-refractivity contribution in [3.05, 3.63) is 0 Å². The van der Waals surface area contributed by atoms with E-state index in [0.717, 1.165) is 0 Å². The number of halogens is 1. The summed E-state index contributed by atoms with van der Waals surface area (Å²) in [7, 11) is 0. The van der Waals surface area contributed by atoms with E-state index in [9.17, 15) is 4.79 Å². The predicted octanol–water partition coefficient (Wildman–Crippen LogP) is 1.74. The molecule has 0 radical (unpaired) electrons. The van der Waals surface area contributed by atoms with Crippen LogP contribution in [0.2, 0.25) is 0 Å². The second kappa shape index (κ2) is 4.44. The predicted molar refractivity (Wildman–Crippen MR) is 33.4 cm³/mol. The van der Waals surface area contributed by atoms with Gasteiger partial charge in [0.1, 0.15) is 0 Å². The molecule has 0 rings (SSSR count). The molecule has 1 atom stereocenters. The van der Waals surface area contributed by atoms with Crippen molar-refractivity contribution in [1.29, 1.82) is 0 Å². The molecule has 54 valence electrons. The van der Waals surface area contributed by atoms with Crippen molar-refractivity contribution in [3.63, 3.8) is 0 Å². The van der Waals surface area contributed by atoms with E-state index in [2.05, 4.69) is 9.47 Å². The van der Waals surface area contributed by atoms with E-state index in [1.54, 1.807) is 13.8 Å². The van der Waals surface area contributed by atoms with Gasteiger partial charge >= 0.3 is 6.16 Å². The summed E-state index contributed by atoms with van der Waals surface area (Å²) in [4.78, 5) is 10.3. The highest BCUT2D eigenvalue weighted by atomic mass is 35.5. The average Bonchev–Trinajstić information content (AvgIpc) is 1.63. The summed E-state index contributed by atoms with van der Waals surface area (Å²) in [5.74, 6) is 0. The minimum Gasteiger partial charge on any atom is -0.435 e. The van der Waals surface area contributed by atoms with Gasteiger partial charge in [-0.3, -0.25) is 0 Å². The van der Waals surface area contributed by atoms with Crippen molar-refractivity contribution in [2.75, 3.05) is 6.61 Å². The summed E-state index contributed by atoms with van der Waals surface area (Å²) in [6, 6.07) is 0. The SMILES string of the molecule is CCOC(=O)O[C@@H](C)Cl. The van der Waals surface area contributed by atoms with Crippen LogP contribution in [0.25, 0.3) is 0 Å². The van der Waals surface area contributed by atoms with Crippen LogP contribution in [0.15, 0.2) is 0 Å². The number of carbonyl (C=O) groups excluding carboxylic acids is 1. The fraction of sp³-hybridized carbons (Fsp3) is 0.800. The Kier molecular flexibility index (Phi) is 4.22. The molecule has 0 aromatic heterocycles. The monoisotopic (exact) mass is 152 g/mol. The molecule has 0 spiro atoms. The second-order valence-corrected chi connectivity index (χ2v) is 1.96. The summed E-state index contributed by atoms with van der Waals surface area (Å²) >= 11 is 5.29. The lowest BCUT2D eigenvalue weighted by molar-refractivity contribution is 0.0534. The third-order valence-corrected chi connectivity index (χ3v) is 0.610. The molecule has 0 aliphatic carbocycles. The maximum Gasteiger partial charge on any atom is 0.509 e. The van der Waals surface area contributed by atoms with Gasteiger partial charge in [-0.2, -0.15) is 0 Å². The Morgan fingerprint density at radius 3 is 2.67 bits per heavy atom. The zero-order valence-electron chi connectivity index (χ0n) is 5.39. The first kappa shape index (κ1) is 8.56. The van der Waals surface area contributed by atoms with Gasteiger partial charge in [0.15, 0.2) is 5.56 Å². The van der Waals surface area contributed by atoms with Crippen molar-refractivity contribution in [1.82, 2.24) is 0 Å². The van der Waals surface area contributed by atoms with Crippen LogP contribution in [0.1, 0.15) is 13.8 Å². The topological polar surface area (TPSA) is 35.5 Å². The van der Waals surface area contributed by atoms with Gasteiger partial charge in [-0.15, -0.1) is 0 Å². The van der Waals surface area contributed by atoms with Crippen molar-refractivity contribution < 1.29 is 14.3 Å². The van der Waals surface area contributed by atoms with E-state index < -0.39 is 11.7 Å². The van der Waals surface area contributed by atoms with Crippen molar-refractivity contribution >= 4 is 17.8 Å². The van der Waals surface area contributed by atoms with Gasteiger partial charge in [-0.1, -0.05) is 11.6 Å². The maximum atomic E-state index is 10.3. The van der Waals surface area contributed by atoms with E-state index in [4.69, 9.17) is 11.6 Å². The smallest absolute Gasteiger partial charge is 0.435 e. The van der Waals surface area contributed by atoms with Crippen molar-refractivity contribution in [2.24, 2.45) is 0 Å². The van der Waals surface area contributed by atoms with E-state index in [-0.39, 0.29) is 0 Å². The van der Waals surface area contributed by atoms with Crippen LogP contribution in [-0.4, -0.2) is 18.3 Å².